The number of benzene rings is 1. The van der Waals surface area contributed by atoms with Gasteiger partial charge in [-0.2, -0.15) is 0 Å². The first-order chi connectivity index (χ1) is 7.65. The van der Waals surface area contributed by atoms with Gasteiger partial charge in [0.2, 0.25) is 0 Å². The summed E-state index contributed by atoms with van der Waals surface area (Å²) in [5.74, 6) is 0. The van der Waals surface area contributed by atoms with Crippen LogP contribution in [-0.2, 0) is 0 Å². The first-order valence-corrected chi connectivity index (χ1v) is 5.73. The molecule has 0 aliphatic rings. The van der Waals surface area contributed by atoms with Crippen molar-refractivity contribution in [3.05, 3.63) is 46.5 Å². The molecule has 16 heavy (non-hydrogen) atoms. The SMILES string of the molecule is C/C=C\c1c(/C(=C/C)NC)ccc(C)c1C. The normalized spacial score (nSPS) is 12.2. The van der Waals surface area contributed by atoms with Gasteiger partial charge in [-0.3, -0.25) is 0 Å². The minimum absolute atomic E-state index is 1.18. The third-order valence-electron chi connectivity index (χ3n) is 2.97. The second-order valence-corrected chi connectivity index (χ2v) is 3.92. The topological polar surface area (TPSA) is 12.0 Å². The highest BCUT2D eigenvalue weighted by atomic mass is 14.8. The number of aryl methyl sites for hydroxylation is 1. The van der Waals surface area contributed by atoms with Gasteiger partial charge in [0.1, 0.15) is 0 Å². The van der Waals surface area contributed by atoms with E-state index in [1.54, 1.807) is 0 Å². The van der Waals surface area contributed by atoms with Gasteiger partial charge in [0.05, 0.1) is 0 Å². The summed E-state index contributed by atoms with van der Waals surface area (Å²) >= 11 is 0. The minimum Gasteiger partial charge on any atom is -0.388 e. The predicted octanol–water partition coefficient (Wildman–Crippen LogP) is 3.92. The average Bonchev–Trinajstić information content (AvgIpc) is 2.29. The zero-order valence-electron chi connectivity index (χ0n) is 10.9. The van der Waals surface area contributed by atoms with Crippen LogP contribution in [0.5, 0.6) is 0 Å². The molecule has 1 nitrogen and oxygen atoms in total. The number of allylic oxidation sites excluding steroid dienone is 2. The van der Waals surface area contributed by atoms with E-state index in [9.17, 15) is 0 Å². The van der Waals surface area contributed by atoms with Crippen LogP contribution in [0.3, 0.4) is 0 Å². The molecule has 0 fully saturated rings. The maximum Gasteiger partial charge on any atom is 0.0374 e. The van der Waals surface area contributed by atoms with E-state index in [0.717, 1.165) is 0 Å². The second kappa shape index (κ2) is 5.55. The lowest BCUT2D eigenvalue weighted by Crippen LogP contribution is -2.07. The van der Waals surface area contributed by atoms with Crippen LogP contribution in [-0.4, -0.2) is 7.05 Å². The van der Waals surface area contributed by atoms with Gasteiger partial charge in [-0.15, -0.1) is 0 Å². The molecule has 0 saturated heterocycles. The van der Waals surface area contributed by atoms with Crippen molar-refractivity contribution in [3.8, 4) is 0 Å². The standard InChI is InChI=1S/C15H21N/c1-6-8-13-12(4)11(3)9-10-14(13)15(7-2)16-5/h6-10,16H,1-5H3/b8-6-,15-7-. The second-order valence-electron chi connectivity index (χ2n) is 3.92. The summed E-state index contributed by atoms with van der Waals surface area (Å²) in [6.07, 6.45) is 6.38. The molecule has 0 atom stereocenters. The van der Waals surface area contributed by atoms with Gasteiger partial charge < -0.3 is 5.32 Å². The Balaban J connectivity index is 3.45. The first-order valence-electron chi connectivity index (χ1n) is 5.73. The molecule has 0 spiro atoms. The molecule has 0 heterocycles. The number of nitrogens with one attached hydrogen (secondary N) is 1. The molecule has 0 amide bonds. The Hall–Kier alpha value is -1.50. The average molecular weight is 215 g/mol. The monoisotopic (exact) mass is 215 g/mol. The molecule has 0 radical (unpaired) electrons. The highest BCUT2D eigenvalue weighted by molar-refractivity contribution is 5.75. The zero-order valence-corrected chi connectivity index (χ0v) is 10.9. The van der Waals surface area contributed by atoms with Crippen molar-refractivity contribution in [1.29, 1.82) is 0 Å². The van der Waals surface area contributed by atoms with Crippen LogP contribution in [0.1, 0.15) is 36.1 Å². The Bertz CT molecular complexity index is 425. The van der Waals surface area contributed by atoms with Gasteiger partial charge in [-0.25, -0.2) is 0 Å². The summed E-state index contributed by atoms with van der Waals surface area (Å²) in [4.78, 5) is 0. The largest absolute Gasteiger partial charge is 0.388 e. The zero-order chi connectivity index (χ0) is 12.1. The highest BCUT2D eigenvalue weighted by Crippen LogP contribution is 2.24. The van der Waals surface area contributed by atoms with E-state index in [0.29, 0.717) is 0 Å². The molecular formula is C15H21N. The van der Waals surface area contributed by atoms with Crippen LogP contribution in [0.2, 0.25) is 0 Å². The van der Waals surface area contributed by atoms with Crippen molar-refractivity contribution < 1.29 is 0 Å². The molecular weight excluding hydrogens is 194 g/mol. The molecule has 0 aliphatic carbocycles. The van der Waals surface area contributed by atoms with E-state index in [1.165, 1.54) is 28.0 Å². The quantitative estimate of drug-likeness (QED) is 0.806. The van der Waals surface area contributed by atoms with Gasteiger partial charge in [0, 0.05) is 18.3 Å². The number of hydrogen-bond donors (Lipinski definition) is 1. The van der Waals surface area contributed by atoms with Gasteiger partial charge in [-0.05, 0) is 44.4 Å². The smallest absolute Gasteiger partial charge is 0.0374 e. The Labute approximate surface area is 98.9 Å². The number of hydrogen-bond acceptors (Lipinski definition) is 1. The molecule has 0 aliphatic heterocycles. The third-order valence-corrected chi connectivity index (χ3v) is 2.97. The van der Waals surface area contributed by atoms with E-state index in [1.807, 2.05) is 7.05 Å². The summed E-state index contributed by atoms with van der Waals surface area (Å²) in [5.41, 5.74) is 6.45. The third kappa shape index (κ3) is 2.35. The van der Waals surface area contributed by atoms with Crippen molar-refractivity contribution in [2.75, 3.05) is 7.05 Å². The van der Waals surface area contributed by atoms with E-state index < -0.39 is 0 Å². The van der Waals surface area contributed by atoms with Crippen LogP contribution in [0.4, 0.5) is 0 Å². The van der Waals surface area contributed by atoms with Crippen molar-refractivity contribution in [1.82, 2.24) is 5.32 Å². The summed E-state index contributed by atoms with van der Waals surface area (Å²) in [6, 6.07) is 4.36. The number of rotatable bonds is 3. The fourth-order valence-corrected chi connectivity index (χ4v) is 1.89. The van der Waals surface area contributed by atoms with Crippen molar-refractivity contribution in [2.45, 2.75) is 27.7 Å². The molecule has 1 N–H and O–H groups in total. The maximum atomic E-state index is 3.24. The van der Waals surface area contributed by atoms with E-state index in [-0.39, 0.29) is 0 Å². The van der Waals surface area contributed by atoms with Crippen LogP contribution in [0.15, 0.2) is 24.3 Å². The lowest BCUT2D eigenvalue weighted by molar-refractivity contribution is 1.12. The van der Waals surface area contributed by atoms with Crippen LogP contribution in [0, 0.1) is 13.8 Å². The molecule has 1 aromatic carbocycles. The Kier molecular flexibility index (Phi) is 4.36. The highest BCUT2D eigenvalue weighted by Gasteiger charge is 2.07. The Morgan fingerprint density at radius 3 is 2.38 bits per heavy atom. The van der Waals surface area contributed by atoms with Crippen molar-refractivity contribution in [3.63, 3.8) is 0 Å². The molecule has 0 unspecified atom stereocenters. The van der Waals surface area contributed by atoms with E-state index in [2.05, 4.69) is 63.4 Å². The van der Waals surface area contributed by atoms with Crippen molar-refractivity contribution >= 4 is 11.8 Å². The van der Waals surface area contributed by atoms with E-state index >= 15 is 0 Å². The van der Waals surface area contributed by atoms with Gasteiger partial charge in [-0.1, -0.05) is 30.4 Å². The van der Waals surface area contributed by atoms with E-state index in [4.69, 9.17) is 0 Å². The minimum atomic E-state index is 1.18. The summed E-state index contributed by atoms with van der Waals surface area (Å²) in [6.45, 7) is 8.44. The molecule has 1 aromatic rings. The van der Waals surface area contributed by atoms with Gasteiger partial charge in [0.15, 0.2) is 0 Å². The fraction of sp³-hybridized carbons (Fsp3) is 0.333. The Morgan fingerprint density at radius 2 is 1.88 bits per heavy atom. The predicted molar refractivity (Wildman–Crippen MR) is 73.3 cm³/mol. The lowest BCUT2D eigenvalue weighted by Gasteiger charge is -2.14. The molecule has 0 bridgehead atoms. The van der Waals surface area contributed by atoms with Crippen LogP contribution >= 0.6 is 0 Å². The summed E-state index contributed by atoms with van der Waals surface area (Å²) in [5, 5.41) is 3.24. The molecule has 0 aromatic heterocycles. The van der Waals surface area contributed by atoms with Gasteiger partial charge in [0.25, 0.3) is 0 Å². The maximum absolute atomic E-state index is 3.24. The van der Waals surface area contributed by atoms with Crippen LogP contribution < -0.4 is 5.32 Å². The van der Waals surface area contributed by atoms with Crippen LogP contribution in [0.25, 0.3) is 11.8 Å². The first kappa shape index (κ1) is 12.6. The molecule has 1 rings (SSSR count). The fourth-order valence-electron chi connectivity index (χ4n) is 1.89. The summed E-state index contributed by atoms with van der Waals surface area (Å²) < 4.78 is 0. The Morgan fingerprint density at radius 1 is 1.19 bits per heavy atom. The lowest BCUT2D eigenvalue weighted by atomic mass is 9.95. The molecule has 0 saturated carbocycles. The molecule has 1 heteroatoms. The molecule has 86 valence electrons. The van der Waals surface area contributed by atoms with Crippen molar-refractivity contribution in [2.24, 2.45) is 0 Å². The summed E-state index contributed by atoms with van der Waals surface area (Å²) in [7, 11) is 1.96. The van der Waals surface area contributed by atoms with Gasteiger partial charge >= 0.3 is 0 Å².